The van der Waals surface area contributed by atoms with Crippen LogP contribution in [-0.2, 0) is 0 Å². The van der Waals surface area contributed by atoms with Crippen molar-refractivity contribution < 1.29 is 4.79 Å². The minimum absolute atomic E-state index is 0.0338. The Bertz CT molecular complexity index is 385. The number of allylic oxidation sites excluding steroid dienone is 1. The molecule has 0 aliphatic carbocycles. The Morgan fingerprint density at radius 3 is 2.50 bits per heavy atom. The average Bonchev–Trinajstić information content (AvgIpc) is 2.15. The molecule has 3 heteroatoms. The van der Waals surface area contributed by atoms with Crippen molar-refractivity contribution in [1.82, 2.24) is 0 Å². The number of Topliss-reactive ketones (excluding diaryl/α,β-unsaturated/α-hetero) is 1. The largest absolute Gasteiger partial charge is 0.324 e. The molecule has 0 heterocycles. The number of carbonyl (C=O) groups excluding carboxylic acids is 1. The van der Waals surface area contributed by atoms with Crippen LogP contribution in [0.25, 0.3) is 5.57 Å². The summed E-state index contributed by atoms with van der Waals surface area (Å²) in [6, 6.07) is 5.50. The van der Waals surface area contributed by atoms with E-state index in [1.54, 1.807) is 6.07 Å². The number of ketones is 1. The SMILES string of the molecule is C=C(C)c1cc(Br)cc(C(=O)CN)c1. The second kappa shape index (κ2) is 4.53. The van der Waals surface area contributed by atoms with E-state index in [4.69, 9.17) is 5.73 Å². The molecular formula is C11H12BrNO. The number of benzene rings is 1. The minimum atomic E-state index is -0.0613. The Hall–Kier alpha value is -0.930. The lowest BCUT2D eigenvalue weighted by molar-refractivity contribution is 0.100. The van der Waals surface area contributed by atoms with Gasteiger partial charge in [-0.05, 0) is 30.7 Å². The molecule has 0 aliphatic rings. The lowest BCUT2D eigenvalue weighted by Gasteiger charge is -2.04. The molecule has 1 rings (SSSR count). The summed E-state index contributed by atoms with van der Waals surface area (Å²) in [6.07, 6.45) is 0. The van der Waals surface area contributed by atoms with Crippen LogP contribution in [-0.4, -0.2) is 12.3 Å². The molecule has 0 radical (unpaired) electrons. The van der Waals surface area contributed by atoms with E-state index in [2.05, 4.69) is 22.5 Å². The number of nitrogens with two attached hydrogens (primary N) is 1. The van der Waals surface area contributed by atoms with Crippen LogP contribution < -0.4 is 5.73 Å². The molecule has 1 aromatic rings. The van der Waals surface area contributed by atoms with Crippen LogP contribution in [0.3, 0.4) is 0 Å². The standard InChI is InChI=1S/C11H12BrNO/c1-7(2)8-3-9(11(14)6-13)5-10(12)4-8/h3-5H,1,6,13H2,2H3. The molecule has 1 aromatic carbocycles. The molecule has 0 saturated carbocycles. The van der Waals surface area contributed by atoms with Gasteiger partial charge in [0.25, 0.3) is 0 Å². The third kappa shape index (κ3) is 2.53. The van der Waals surface area contributed by atoms with Crippen molar-refractivity contribution in [1.29, 1.82) is 0 Å². The highest BCUT2D eigenvalue weighted by molar-refractivity contribution is 9.10. The second-order valence-corrected chi connectivity index (χ2v) is 4.05. The molecule has 74 valence electrons. The second-order valence-electron chi connectivity index (χ2n) is 3.14. The third-order valence-electron chi connectivity index (χ3n) is 1.90. The molecule has 2 N–H and O–H groups in total. The molecular weight excluding hydrogens is 242 g/mol. The Morgan fingerprint density at radius 2 is 2.00 bits per heavy atom. The van der Waals surface area contributed by atoms with Crippen LogP contribution in [0.2, 0.25) is 0 Å². The van der Waals surface area contributed by atoms with Crippen LogP contribution >= 0.6 is 15.9 Å². The van der Waals surface area contributed by atoms with E-state index in [1.165, 1.54) is 0 Å². The summed E-state index contributed by atoms with van der Waals surface area (Å²) in [5, 5.41) is 0. The average molecular weight is 254 g/mol. The molecule has 0 aromatic heterocycles. The van der Waals surface area contributed by atoms with Gasteiger partial charge in [-0.1, -0.05) is 28.1 Å². The number of halogens is 1. The minimum Gasteiger partial charge on any atom is -0.324 e. The van der Waals surface area contributed by atoms with E-state index in [1.807, 2.05) is 19.1 Å². The highest BCUT2D eigenvalue weighted by Gasteiger charge is 2.06. The quantitative estimate of drug-likeness (QED) is 0.842. The van der Waals surface area contributed by atoms with E-state index < -0.39 is 0 Å². The summed E-state index contributed by atoms with van der Waals surface area (Å²) in [4.78, 5) is 11.4. The van der Waals surface area contributed by atoms with Crippen LogP contribution in [0.15, 0.2) is 29.3 Å². The molecule has 0 spiro atoms. The summed E-state index contributed by atoms with van der Waals surface area (Å²) >= 11 is 3.34. The molecule has 0 atom stereocenters. The third-order valence-corrected chi connectivity index (χ3v) is 2.36. The predicted octanol–water partition coefficient (Wildman–Crippen LogP) is 2.62. The first-order valence-corrected chi connectivity index (χ1v) is 5.03. The smallest absolute Gasteiger partial charge is 0.176 e. The van der Waals surface area contributed by atoms with E-state index in [9.17, 15) is 4.79 Å². The normalized spacial score (nSPS) is 9.93. The highest BCUT2D eigenvalue weighted by Crippen LogP contribution is 2.20. The fourth-order valence-electron chi connectivity index (χ4n) is 1.11. The topological polar surface area (TPSA) is 43.1 Å². The van der Waals surface area contributed by atoms with Gasteiger partial charge in [0.15, 0.2) is 5.78 Å². The first-order valence-electron chi connectivity index (χ1n) is 4.24. The predicted molar refractivity (Wildman–Crippen MR) is 62.2 cm³/mol. The Morgan fingerprint density at radius 1 is 1.43 bits per heavy atom. The Kier molecular flexibility index (Phi) is 3.61. The number of carbonyl (C=O) groups is 1. The Labute approximate surface area is 91.9 Å². The molecule has 2 nitrogen and oxygen atoms in total. The van der Waals surface area contributed by atoms with Crippen molar-refractivity contribution in [3.63, 3.8) is 0 Å². The van der Waals surface area contributed by atoms with Crippen molar-refractivity contribution in [2.45, 2.75) is 6.92 Å². The fraction of sp³-hybridized carbons (Fsp3) is 0.182. The van der Waals surface area contributed by atoms with Gasteiger partial charge in [-0.15, -0.1) is 0 Å². The summed E-state index contributed by atoms with van der Waals surface area (Å²) < 4.78 is 0.870. The zero-order valence-electron chi connectivity index (χ0n) is 8.01. The van der Waals surface area contributed by atoms with Crippen molar-refractivity contribution in [3.05, 3.63) is 40.4 Å². The van der Waals surface area contributed by atoms with Crippen LogP contribution in [0, 0.1) is 0 Å². The fourth-order valence-corrected chi connectivity index (χ4v) is 1.61. The molecule has 0 unspecified atom stereocenters. The van der Waals surface area contributed by atoms with Gasteiger partial charge in [0.2, 0.25) is 0 Å². The maximum atomic E-state index is 11.4. The lowest BCUT2D eigenvalue weighted by atomic mass is 10.0. The first-order chi connectivity index (χ1) is 6.54. The summed E-state index contributed by atoms with van der Waals surface area (Å²) in [7, 11) is 0. The van der Waals surface area contributed by atoms with Crippen LogP contribution in [0.5, 0.6) is 0 Å². The van der Waals surface area contributed by atoms with Crippen LogP contribution in [0.4, 0.5) is 0 Å². The van der Waals surface area contributed by atoms with Gasteiger partial charge in [0, 0.05) is 10.0 Å². The molecule has 0 bridgehead atoms. The van der Waals surface area contributed by atoms with Gasteiger partial charge < -0.3 is 5.73 Å². The van der Waals surface area contributed by atoms with Gasteiger partial charge >= 0.3 is 0 Å². The van der Waals surface area contributed by atoms with E-state index in [-0.39, 0.29) is 12.3 Å². The molecule has 0 saturated heterocycles. The first kappa shape index (κ1) is 11.1. The Balaban J connectivity index is 3.20. The molecule has 14 heavy (non-hydrogen) atoms. The monoisotopic (exact) mass is 253 g/mol. The summed E-state index contributed by atoms with van der Waals surface area (Å²) in [6.45, 7) is 5.76. The van der Waals surface area contributed by atoms with Gasteiger partial charge in [0.05, 0.1) is 6.54 Å². The molecule has 0 amide bonds. The van der Waals surface area contributed by atoms with E-state index >= 15 is 0 Å². The van der Waals surface area contributed by atoms with Crippen LogP contribution in [0.1, 0.15) is 22.8 Å². The van der Waals surface area contributed by atoms with Crippen molar-refractivity contribution >= 4 is 27.3 Å². The maximum absolute atomic E-state index is 11.4. The highest BCUT2D eigenvalue weighted by atomic mass is 79.9. The number of hydrogen-bond donors (Lipinski definition) is 1. The van der Waals surface area contributed by atoms with Gasteiger partial charge in [0.1, 0.15) is 0 Å². The summed E-state index contributed by atoms with van der Waals surface area (Å²) in [5.74, 6) is -0.0613. The molecule has 0 aliphatic heterocycles. The summed E-state index contributed by atoms with van der Waals surface area (Å²) in [5.41, 5.74) is 7.80. The number of rotatable bonds is 3. The zero-order valence-corrected chi connectivity index (χ0v) is 9.60. The number of hydrogen-bond acceptors (Lipinski definition) is 2. The van der Waals surface area contributed by atoms with E-state index in [0.717, 1.165) is 15.6 Å². The van der Waals surface area contributed by atoms with Gasteiger partial charge in [-0.3, -0.25) is 4.79 Å². The van der Waals surface area contributed by atoms with Gasteiger partial charge in [-0.2, -0.15) is 0 Å². The van der Waals surface area contributed by atoms with Crippen molar-refractivity contribution in [2.24, 2.45) is 5.73 Å². The van der Waals surface area contributed by atoms with Crippen molar-refractivity contribution in [3.8, 4) is 0 Å². The lowest BCUT2D eigenvalue weighted by Crippen LogP contribution is -2.13. The maximum Gasteiger partial charge on any atom is 0.176 e. The van der Waals surface area contributed by atoms with Gasteiger partial charge in [-0.25, -0.2) is 0 Å². The zero-order chi connectivity index (χ0) is 10.7. The molecule has 0 fully saturated rings. The van der Waals surface area contributed by atoms with E-state index in [0.29, 0.717) is 5.56 Å². The van der Waals surface area contributed by atoms with Crippen molar-refractivity contribution in [2.75, 3.05) is 6.54 Å².